The van der Waals surface area contributed by atoms with Gasteiger partial charge >= 0.3 is 0 Å². The van der Waals surface area contributed by atoms with Crippen molar-refractivity contribution in [2.75, 3.05) is 26.2 Å². The standard InChI is InChI=1S/C26H33N3O2/c30-25(18-23(21-8-3-1-4-9-21)22-10-5-2-6-11-22)29-17-7-12-24(29)26(31)28-19-20-13-15-27-16-14-20/h1-6,8-11,20,23-24,27H,7,12-19H2,(H,28,31)/t24-/m0/s1. The predicted molar refractivity (Wildman–Crippen MR) is 123 cm³/mol. The number of piperidine rings is 1. The van der Waals surface area contributed by atoms with Crippen molar-refractivity contribution in [3.63, 3.8) is 0 Å². The molecule has 2 aromatic rings. The van der Waals surface area contributed by atoms with Crippen LogP contribution in [0.3, 0.4) is 0 Å². The maximum absolute atomic E-state index is 13.4. The van der Waals surface area contributed by atoms with E-state index in [1.807, 2.05) is 41.3 Å². The second-order valence-electron chi connectivity index (χ2n) is 8.76. The predicted octanol–water partition coefficient (Wildman–Crippen LogP) is 3.32. The van der Waals surface area contributed by atoms with Gasteiger partial charge in [0.25, 0.3) is 0 Å². The SMILES string of the molecule is O=C(NCC1CCNCC1)[C@@H]1CCCN1C(=O)CC(c1ccccc1)c1ccccc1. The number of hydrogen-bond donors (Lipinski definition) is 2. The summed E-state index contributed by atoms with van der Waals surface area (Å²) in [7, 11) is 0. The Bertz CT molecular complexity index is 810. The monoisotopic (exact) mass is 419 g/mol. The van der Waals surface area contributed by atoms with E-state index in [1.54, 1.807) is 0 Å². The quantitative estimate of drug-likeness (QED) is 0.724. The van der Waals surface area contributed by atoms with Crippen LogP contribution in [0.25, 0.3) is 0 Å². The molecule has 1 atom stereocenters. The zero-order valence-electron chi connectivity index (χ0n) is 18.1. The molecule has 0 aromatic heterocycles. The first-order valence-corrected chi connectivity index (χ1v) is 11.6. The van der Waals surface area contributed by atoms with Gasteiger partial charge < -0.3 is 15.5 Å². The number of hydrogen-bond acceptors (Lipinski definition) is 3. The molecule has 0 aliphatic carbocycles. The first kappa shape index (κ1) is 21.6. The highest BCUT2D eigenvalue weighted by Gasteiger charge is 2.35. The van der Waals surface area contributed by atoms with Gasteiger partial charge in [-0.2, -0.15) is 0 Å². The lowest BCUT2D eigenvalue weighted by atomic mass is 9.88. The zero-order valence-corrected chi connectivity index (χ0v) is 18.1. The summed E-state index contributed by atoms with van der Waals surface area (Å²) in [6.45, 7) is 3.43. The van der Waals surface area contributed by atoms with Gasteiger partial charge in [0.15, 0.2) is 0 Å². The zero-order chi connectivity index (χ0) is 21.5. The van der Waals surface area contributed by atoms with Crippen molar-refractivity contribution in [2.24, 2.45) is 5.92 Å². The second-order valence-corrected chi connectivity index (χ2v) is 8.76. The molecule has 2 aromatic carbocycles. The number of nitrogens with zero attached hydrogens (tertiary/aromatic N) is 1. The molecule has 31 heavy (non-hydrogen) atoms. The van der Waals surface area contributed by atoms with Crippen molar-refractivity contribution in [3.05, 3.63) is 71.8 Å². The van der Waals surface area contributed by atoms with Gasteiger partial charge in [0, 0.05) is 25.4 Å². The van der Waals surface area contributed by atoms with Gasteiger partial charge in [-0.15, -0.1) is 0 Å². The summed E-state index contributed by atoms with van der Waals surface area (Å²) in [5.41, 5.74) is 2.27. The topological polar surface area (TPSA) is 61.4 Å². The normalized spacial score (nSPS) is 19.5. The highest BCUT2D eigenvalue weighted by Crippen LogP contribution is 2.30. The van der Waals surface area contributed by atoms with Gasteiger partial charge in [-0.25, -0.2) is 0 Å². The van der Waals surface area contributed by atoms with Gasteiger partial charge in [-0.05, 0) is 55.8 Å². The van der Waals surface area contributed by atoms with Crippen LogP contribution in [0, 0.1) is 5.92 Å². The molecule has 4 rings (SSSR count). The lowest BCUT2D eigenvalue weighted by Crippen LogP contribution is -2.47. The molecule has 5 heteroatoms. The molecule has 5 nitrogen and oxygen atoms in total. The summed E-state index contributed by atoms with van der Waals surface area (Å²) in [5.74, 6) is 0.614. The molecule has 0 saturated carbocycles. The van der Waals surface area contributed by atoms with E-state index in [0.29, 0.717) is 18.9 Å². The third kappa shape index (κ3) is 5.53. The van der Waals surface area contributed by atoms with Gasteiger partial charge in [0.2, 0.25) is 11.8 Å². The molecule has 2 fully saturated rings. The number of benzene rings is 2. The van der Waals surface area contributed by atoms with E-state index in [9.17, 15) is 9.59 Å². The van der Waals surface area contributed by atoms with Gasteiger partial charge in [-0.1, -0.05) is 60.7 Å². The molecule has 2 aliphatic rings. The third-order valence-electron chi connectivity index (χ3n) is 6.68. The van der Waals surface area contributed by atoms with Gasteiger partial charge in [-0.3, -0.25) is 9.59 Å². The van der Waals surface area contributed by atoms with Crippen molar-refractivity contribution in [1.82, 2.24) is 15.5 Å². The number of amides is 2. The molecule has 2 N–H and O–H groups in total. The average Bonchev–Trinajstić information content (AvgIpc) is 3.33. The summed E-state index contributed by atoms with van der Waals surface area (Å²) in [5, 5.41) is 6.49. The Hall–Kier alpha value is -2.66. The summed E-state index contributed by atoms with van der Waals surface area (Å²) >= 11 is 0. The summed E-state index contributed by atoms with van der Waals surface area (Å²) in [4.78, 5) is 28.1. The van der Waals surface area contributed by atoms with E-state index >= 15 is 0 Å². The fraction of sp³-hybridized carbons (Fsp3) is 0.462. The van der Waals surface area contributed by atoms with Crippen LogP contribution in [0.4, 0.5) is 0 Å². The second kappa shape index (κ2) is 10.6. The van der Waals surface area contributed by atoms with Crippen LogP contribution >= 0.6 is 0 Å². The van der Waals surface area contributed by atoms with Crippen LogP contribution in [0.5, 0.6) is 0 Å². The Morgan fingerprint density at radius 1 is 0.935 bits per heavy atom. The molecular formula is C26H33N3O2. The molecule has 0 radical (unpaired) electrons. The van der Waals surface area contributed by atoms with Crippen molar-refractivity contribution in [1.29, 1.82) is 0 Å². The maximum atomic E-state index is 13.4. The molecule has 164 valence electrons. The van der Waals surface area contributed by atoms with Crippen LogP contribution in [-0.2, 0) is 9.59 Å². The number of carbonyl (C=O) groups excluding carboxylic acids is 2. The first-order valence-electron chi connectivity index (χ1n) is 11.6. The molecule has 2 aliphatic heterocycles. The Balaban J connectivity index is 1.42. The lowest BCUT2D eigenvalue weighted by molar-refractivity contribution is -0.138. The van der Waals surface area contributed by atoms with E-state index in [0.717, 1.165) is 56.4 Å². The molecule has 2 amide bonds. The van der Waals surface area contributed by atoms with E-state index < -0.39 is 0 Å². The smallest absolute Gasteiger partial charge is 0.242 e. The molecular weight excluding hydrogens is 386 g/mol. The van der Waals surface area contributed by atoms with Crippen molar-refractivity contribution in [3.8, 4) is 0 Å². The van der Waals surface area contributed by atoms with E-state index in [1.165, 1.54) is 0 Å². The van der Waals surface area contributed by atoms with E-state index in [4.69, 9.17) is 0 Å². The van der Waals surface area contributed by atoms with Gasteiger partial charge in [0.05, 0.1) is 0 Å². The summed E-state index contributed by atoms with van der Waals surface area (Å²) < 4.78 is 0. The molecule has 0 bridgehead atoms. The van der Waals surface area contributed by atoms with Crippen LogP contribution in [0.2, 0.25) is 0 Å². The minimum Gasteiger partial charge on any atom is -0.354 e. The number of carbonyl (C=O) groups is 2. The van der Waals surface area contributed by atoms with Crippen molar-refractivity contribution >= 4 is 11.8 Å². The number of likely N-dealkylation sites (tertiary alicyclic amines) is 1. The van der Waals surface area contributed by atoms with E-state index in [-0.39, 0.29) is 23.8 Å². The fourth-order valence-electron chi connectivity index (χ4n) is 4.88. The fourth-order valence-corrected chi connectivity index (χ4v) is 4.88. The minimum atomic E-state index is -0.332. The third-order valence-corrected chi connectivity index (χ3v) is 6.68. The van der Waals surface area contributed by atoms with E-state index in [2.05, 4.69) is 34.9 Å². The average molecular weight is 420 g/mol. The van der Waals surface area contributed by atoms with Crippen LogP contribution in [0.1, 0.15) is 49.1 Å². The number of rotatable bonds is 7. The first-order chi connectivity index (χ1) is 15.2. The maximum Gasteiger partial charge on any atom is 0.242 e. The van der Waals surface area contributed by atoms with Crippen LogP contribution < -0.4 is 10.6 Å². The molecule has 0 spiro atoms. The highest BCUT2D eigenvalue weighted by molar-refractivity contribution is 5.88. The molecule has 0 unspecified atom stereocenters. The lowest BCUT2D eigenvalue weighted by Gasteiger charge is -2.28. The Kier molecular flexibility index (Phi) is 7.36. The van der Waals surface area contributed by atoms with Crippen LogP contribution in [-0.4, -0.2) is 48.9 Å². The Morgan fingerprint density at radius 2 is 1.55 bits per heavy atom. The Labute approximate surface area is 185 Å². The molecule has 2 saturated heterocycles. The van der Waals surface area contributed by atoms with Gasteiger partial charge in [0.1, 0.15) is 6.04 Å². The largest absolute Gasteiger partial charge is 0.354 e. The Morgan fingerprint density at radius 3 is 2.16 bits per heavy atom. The summed E-state index contributed by atoms with van der Waals surface area (Å²) in [6.07, 6.45) is 4.22. The number of nitrogens with one attached hydrogen (secondary N) is 2. The van der Waals surface area contributed by atoms with Crippen LogP contribution in [0.15, 0.2) is 60.7 Å². The van der Waals surface area contributed by atoms with Crippen molar-refractivity contribution < 1.29 is 9.59 Å². The summed E-state index contributed by atoms with van der Waals surface area (Å²) in [6, 6.07) is 20.1. The minimum absolute atomic E-state index is 0.00560. The highest BCUT2D eigenvalue weighted by atomic mass is 16.2. The van der Waals surface area contributed by atoms with Crippen molar-refractivity contribution in [2.45, 2.75) is 44.1 Å². The molecule has 2 heterocycles.